The van der Waals surface area contributed by atoms with Crippen molar-refractivity contribution >= 4 is 21.6 Å². The molecule has 0 radical (unpaired) electrons. The molecule has 0 heterocycles. The number of benzene rings is 2. The highest BCUT2D eigenvalue weighted by molar-refractivity contribution is 7.89. The normalized spacial score (nSPS) is 11.5. The number of carbonyl (C=O) groups is 1. The zero-order valence-corrected chi connectivity index (χ0v) is 15.5. The smallest absolute Gasteiger partial charge is 0.255 e. The molecule has 0 aromatic heterocycles. The van der Waals surface area contributed by atoms with Crippen molar-refractivity contribution in [2.45, 2.75) is 11.3 Å². The van der Waals surface area contributed by atoms with Crippen LogP contribution in [0.15, 0.2) is 53.4 Å². The molecule has 0 aliphatic heterocycles. The van der Waals surface area contributed by atoms with Gasteiger partial charge >= 0.3 is 0 Å². The molecule has 0 spiro atoms. The Balaban J connectivity index is 2.07. The lowest BCUT2D eigenvalue weighted by atomic mass is 10.2. The summed E-state index contributed by atoms with van der Waals surface area (Å²) in [7, 11) is 0.121. The third kappa shape index (κ3) is 5.91. The number of rotatable bonds is 8. The van der Waals surface area contributed by atoms with Crippen LogP contribution in [-0.2, 0) is 10.0 Å². The Bertz CT molecular complexity index is 869. The van der Waals surface area contributed by atoms with E-state index >= 15 is 0 Å². The van der Waals surface area contributed by atoms with Gasteiger partial charge < -0.3 is 10.2 Å². The van der Waals surface area contributed by atoms with Crippen LogP contribution in [0.5, 0.6) is 0 Å². The maximum absolute atomic E-state index is 13.2. The maximum atomic E-state index is 13.2. The zero-order chi connectivity index (χ0) is 19.2. The molecule has 0 atom stereocenters. The molecule has 2 rings (SSSR count). The molecule has 2 aromatic rings. The van der Waals surface area contributed by atoms with Crippen LogP contribution in [0.3, 0.4) is 0 Å². The number of nitrogens with zero attached hydrogens (tertiary/aromatic N) is 1. The topological polar surface area (TPSA) is 78.5 Å². The van der Waals surface area contributed by atoms with Crippen molar-refractivity contribution in [1.82, 2.24) is 9.62 Å². The summed E-state index contributed by atoms with van der Waals surface area (Å²) in [6.45, 7) is 1.07. The molecule has 0 bridgehead atoms. The Morgan fingerprint density at radius 3 is 2.54 bits per heavy atom. The molecule has 1 amide bonds. The van der Waals surface area contributed by atoms with Gasteiger partial charge in [-0.3, -0.25) is 4.79 Å². The van der Waals surface area contributed by atoms with Crippen molar-refractivity contribution < 1.29 is 17.6 Å². The zero-order valence-electron chi connectivity index (χ0n) is 14.7. The minimum Gasteiger partial charge on any atom is -0.322 e. The number of halogens is 1. The van der Waals surface area contributed by atoms with Gasteiger partial charge in [0.25, 0.3) is 5.91 Å². The van der Waals surface area contributed by atoms with E-state index in [1.807, 2.05) is 19.0 Å². The second kappa shape index (κ2) is 8.88. The molecule has 0 saturated carbocycles. The highest BCUT2D eigenvalue weighted by Crippen LogP contribution is 2.15. The quantitative estimate of drug-likeness (QED) is 0.690. The second-order valence-corrected chi connectivity index (χ2v) is 7.81. The van der Waals surface area contributed by atoms with Gasteiger partial charge in [-0.05, 0) is 63.5 Å². The molecule has 6 nitrogen and oxygen atoms in total. The van der Waals surface area contributed by atoms with Crippen LogP contribution < -0.4 is 10.0 Å². The molecule has 0 unspecified atom stereocenters. The van der Waals surface area contributed by atoms with Gasteiger partial charge in [0.1, 0.15) is 5.82 Å². The minimum atomic E-state index is -3.70. The van der Waals surface area contributed by atoms with Crippen molar-refractivity contribution in [2.75, 3.05) is 32.5 Å². The molecule has 8 heteroatoms. The summed E-state index contributed by atoms with van der Waals surface area (Å²) < 4.78 is 40.4. The van der Waals surface area contributed by atoms with Gasteiger partial charge in [0.15, 0.2) is 0 Å². The van der Waals surface area contributed by atoms with Crippen LogP contribution in [0.1, 0.15) is 16.8 Å². The summed E-state index contributed by atoms with van der Waals surface area (Å²) in [4.78, 5) is 14.3. The molecule has 140 valence electrons. The van der Waals surface area contributed by atoms with Gasteiger partial charge in [-0.25, -0.2) is 17.5 Å². The van der Waals surface area contributed by atoms with E-state index < -0.39 is 21.7 Å². The van der Waals surface area contributed by atoms with E-state index in [9.17, 15) is 17.6 Å². The first-order valence-electron chi connectivity index (χ1n) is 8.09. The number of hydrogen-bond donors (Lipinski definition) is 2. The first kappa shape index (κ1) is 20.0. The number of sulfonamides is 1. The second-order valence-electron chi connectivity index (χ2n) is 6.05. The molecule has 26 heavy (non-hydrogen) atoms. The van der Waals surface area contributed by atoms with E-state index in [0.29, 0.717) is 18.7 Å². The lowest BCUT2D eigenvalue weighted by Crippen LogP contribution is -2.27. The summed E-state index contributed by atoms with van der Waals surface area (Å²) in [5.41, 5.74) is 0.468. The third-order valence-electron chi connectivity index (χ3n) is 3.56. The summed E-state index contributed by atoms with van der Waals surface area (Å²) in [6.07, 6.45) is 0.673. The van der Waals surface area contributed by atoms with E-state index in [1.54, 1.807) is 6.07 Å². The Morgan fingerprint density at radius 1 is 1.12 bits per heavy atom. The molecule has 0 fully saturated rings. The first-order chi connectivity index (χ1) is 12.3. The Labute approximate surface area is 153 Å². The largest absolute Gasteiger partial charge is 0.322 e. The van der Waals surface area contributed by atoms with Crippen LogP contribution in [0.4, 0.5) is 10.1 Å². The standard InChI is InChI=1S/C18H22FN3O3S/c1-22(2)11-5-10-20-26(24,25)17-9-3-6-14(12-17)18(23)21-16-8-4-7-15(19)13-16/h3-4,6-9,12-13,20H,5,10-11H2,1-2H3,(H,21,23). The maximum Gasteiger partial charge on any atom is 0.255 e. The molecule has 2 N–H and O–H groups in total. The van der Waals surface area contributed by atoms with E-state index in [2.05, 4.69) is 10.0 Å². The highest BCUT2D eigenvalue weighted by Gasteiger charge is 2.16. The average Bonchev–Trinajstić information content (AvgIpc) is 2.59. The predicted molar refractivity (Wildman–Crippen MR) is 99.2 cm³/mol. The lowest BCUT2D eigenvalue weighted by molar-refractivity contribution is 0.102. The summed E-state index contributed by atoms with van der Waals surface area (Å²) in [5, 5.41) is 2.54. The van der Waals surface area contributed by atoms with Crippen molar-refractivity contribution in [3.63, 3.8) is 0 Å². The van der Waals surface area contributed by atoms with Crippen LogP contribution in [0.2, 0.25) is 0 Å². The van der Waals surface area contributed by atoms with Gasteiger partial charge in [0.2, 0.25) is 10.0 Å². The average molecular weight is 379 g/mol. The van der Waals surface area contributed by atoms with Crippen LogP contribution in [0.25, 0.3) is 0 Å². The van der Waals surface area contributed by atoms with E-state index in [1.165, 1.54) is 42.5 Å². The number of carbonyl (C=O) groups excluding carboxylic acids is 1. The number of anilines is 1. The SMILES string of the molecule is CN(C)CCCNS(=O)(=O)c1cccc(C(=O)Nc2cccc(F)c2)c1. The van der Waals surface area contributed by atoms with E-state index in [0.717, 1.165) is 6.54 Å². The molecular weight excluding hydrogens is 357 g/mol. The molecule has 0 saturated heterocycles. The fourth-order valence-corrected chi connectivity index (χ4v) is 3.38. The fourth-order valence-electron chi connectivity index (χ4n) is 2.26. The van der Waals surface area contributed by atoms with Gasteiger partial charge in [-0.1, -0.05) is 12.1 Å². The Morgan fingerprint density at radius 2 is 1.85 bits per heavy atom. The van der Waals surface area contributed by atoms with Gasteiger partial charge in [0, 0.05) is 17.8 Å². The van der Waals surface area contributed by atoms with E-state index in [4.69, 9.17) is 0 Å². The van der Waals surface area contributed by atoms with Crippen molar-refractivity contribution in [3.8, 4) is 0 Å². The predicted octanol–water partition coefficient (Wildman–Crippen LogP) is 2.31. The van der Waals surface area contributed by atoms with Crippen molar-refractivity contribution in [3.05, 3.63) is 59.9 Å². The van der Waals surface area contributed by atoms with E-state index in [-0.39, 0.29) is 10.5 Å². The number of nitrogens with one attached hydrogen (secondary N) is 2. The molecule has 2 aromatic carbocycles. The molecular formula is C18H22FN3O3S. The molecule has 0 aliphatic rings. The lowest BCUT2D eigenvalue weighted by Gasteiger charge is -2.11. The summed E-state index contributed by atoms with van der Waals surface area (Å²) in [5.74, 6) is -0.985. The molecule has 0 aliphatic carbocycles. The summed E-state index contributed by atoms with van der Waals surface area (Å²) >= 11 is 0. The fraction of sp³-hybridized carbons (Fsp3) is 0.278. The van der Waals surface area contributed by atoms with Crippen LogP contribution in [-0.4, -0.2) is 46.4 Å². The third-order valence-corrected chi connectivity index (χ3v) is 5.02. The Hall–Kier alpha value is -2.29. The van der Waals surface area contributed by atoms with Crippen molar-refractivity contribution in [1.29, 1.82) is 0 Å². The minimum absolute atomic E-state index is 0.00856. The van der Waals surface area contributed by atoms with Crippen LogP contribution >= 0.6 is 0 Å². The number of hydrogen-bond acceptors (Lipinski definition) is 4. The summed E-state index contributed by atoms with van der Waals surface area (Å²) in [6, 6.07) is 11.2. The van der Waals surface area contributed by atoms with Crippen molar-refractivity contribution in [2.24, 2.45) is 0 Å². The van der Waals surface area contributed by atoms with Gasteiger partial charge in [-0.2, -0.15) is 0 Å². The first-order valence-corrected chi connectivity index (χ1v) is 9.57. The van der Waals surface area contributed by atoms with Crippen LogP contribution in [0, 0.1) is 5.82 Å². The Kier molecular flexibility index (Phi) is 6.84. The highest BCUT2D eigenvalue weighted by atomic mass is 32.2. The van der Waals surface area contributed by atoms with Gasteiger partial charge in [-0.15, -0.1) is 0 Å². The monoisotopic (exact) mass is 379 g/mol. The number of amides is 1. The van der Waals surface area contributed by atoms with Gasteiger partial charge in [0.05, 0.1) is 4.90 Å².